The summed E-state index contributed by atoms with van der Waals surface area (Å²) in [6.45, 7) is 2.22. The smallest absolute Gasteiger partial charge is 0.272 e. The van der Waals surface area contributed by atoms with Crippen LogP contribution in [0.25, 0.3) is 0 Å². The van der Waals surface area contributed by atoms with Gasteiger partial charge in [-0.3, -0.25) is 14.4 Å². The van der Waals surface area contributed by atoms with Crippen molar-refractivity contribution in [2.45, 2.75) is 38.6 Å². The lowest BCUT2D eigenvalue weighted by atomic mass is 9.85. The van der Waals surface area contributed by atoms with E-state index in [9.17, 15) is 18.8 Å². The summed E-state index contributed by atoms with van der Waals surface area (Å²) in [6, 6.07) is 3.69. The first-order valence-electron chi connectivity index (χ1n) is 9.77. The topological polar surface area (TPSA) is 116 Å². The molecule has 0 radical (unpaired) electrons. The van der Waals surface area contributed by atoms with Crippen LogP contribution in [0.3, 0.4) is 0 Å². The van der Waals surface area contributed by atoms with Crippen LogP contribution in [0.2, 0.25) is 5.02 Å². The summed E-state index contributed by atoms with van der Waals surface area (Å²) < 4.78 is 13.1. The van der Waals surface area contributed by atoms with E-state index in [0.29, 0.717) is 37.9 Å². The number of imidazole rings is 1. The van der Waals surface area contributed by atoms with Gasteiger partial charge in [0.25, 0.3) is 11.8 Å². The zero-order valence-corrected chi connectivity index (χ0v) is 17.2. The lowest BCUT2D eigenvalue weighted by Gasteiger charge is -2.28. The number of carbonyl (C=O) groups excluding carboxylic acids is 3. The highest BCUT2D eigenvalue weighted by Gasteiger charge is 2.29. The zero-order chi connectivity index (χ0) is 21.7. The van der Waals surface area contributed by atoms with Crippen LogP contribution in [0.1, 0.15) is 53.6 Å². The van der Waals surface area contributed by atoms with Crippen molar-refractivity contribution < 1.29 is 18.8 Å². The molecule has 3 rings (SSSR count). The Labute approximate surface area is 178 Å². The molecule has 4 N–H and O–H groups in total. The third-order valence-electron chi connectivity index (χ3n) is 5.04. The van der Waals surface area contributed by atoms with Crippen LogP contribution in [0.4, 0.5) is 10.1 Å². The minimum absolute atomic E-state index is 0.0479. The second kappa shape index (κ2) is 9.71. The number of amides is 3. The molecule has 1 aromatic carbocycles. The number of anilines is 1. The molecule has 1 aliphatic rings. The molecule has 1 fully saturated rings. The average molecular weight is 436 g/mol. The van der Waals surface area contributed by atoms with Crippen LogP contribution in [0, 0.1) is 11.7 Å². The number of aromatic nitrogens is 2. The third kappa shape index (κ3) is 5.15. The molecule has 1 aliphatic carbocycles. The van der Waals surface area contributed by atoms with E-state index in [1.54, 1.807) is 6.92 Å². The number of H-pyrrole nitrogens is 1. The van der Waals surface area contributed by atoms with Crippen molar-refractivity contribution in [2.24, 2.45) is 5.92 Å². The Hall–Kier alpha value is -2.94. The molecule has 0 unspecified atom stereocenters. The first-order valence-corrected chi connectivity index (χ1v) is 10.1. The maximum absolute atomic E-state index is 13.1. The lowest BCUT2D eigenvalue weighted by molar-refractivity contribution is -0.120. The second-order valence-corrected chi connectivity index (χ2v) is 7.53. The molecule has 0 atom stereocenters. The quantitative estimate of drug-likeness (QED) is 0.558. The van der Waals surface area contributed by atoms with Crippen molar-refractivity contribution >= 4 is 35.0 Å². The maximum Gasteiger partial charge on any atom is 0.272 e. The minimum atomic E-state index is -0.471. The van der Waals surface area contributed by atoms with Crippen molar-refractivity contribution in [2.75, 3.05) is 11.9 Å². The van der Waals surface area contributed by atoms with Gasteiger partial charge in [-0.2, -0.15) is 0 Å². The number of benzene rings is 1. The molecule has 10 heteroatoms. The van der Waals surface area contributed by atoms with Gasteiger partial charge in [0, 0.05) is 18.5 Å². The molecule has 8 nitrogen and oxygen atoms in total. The zero-order valence-electron chi connectivity index (χ0n) is 16.4. The van der Waals surface area contributed by atoms with Gasteiger partial charge in [0.15, 0.2) is 5.69 Å². The number of rotatable bonds is 6. The summed E-state index contributed by atoms with van der Waals surface area (Å²) in [5.74, 6) is -1.69. The van der Waals surface area contributed by atoms with E-state index in [1.165, 1.54) is 18.5 Å². The summed E-state index contributed by atoms with van der Waals surface area (Å²) in [5.41, 5.74) is 0.542. The number of aromatic amines is 1. The molecule has 0 saturated heterocycles. The van der Waals surface area contributed by atoms with Gasteiger partial charge in [-0.05, 0) is 50.8 Å². The van der Waals surface area contributed by atoms with Crippen molar-refractivity contribution in [1.82, 2.24) is 20.6 Å². The van der Waals surface area contributed by atoms with E-state index >= 15 is 0 Å². The Balaban J connectivity index is 1.52. The van der Waals surface area contributed by atoms with Crippen LogP contribution in [-0.4, -0.2) is 40.3 Å². The lowest BCUT2D eigenvalue weighted by Crippen LogP contribution is -2.40. The van der Waals surface area contributed by atoms with E-state index in [2.05, 4.69) is 25.9 Å². The minimum Gasteiger partial charge on any atom is -0.351 e. The van der Waals surface area contributed by atoms with Gasteiger partial charge in [0.2, 0.25) is 5.91 Å². The molecule has 2 aromatic rings. The first-order chi connectivity index (χ1) is 14.4. The van der Waals surface area contributed by atoms with Crippen LogP contribution >= 0.6 is 11.6 Å². The van der Waals surface area contributed by atoms with Gasteiger partial charge in [0.1, 0.15) is 11.5 Å². The number of hydrogen-bond donors (Lipinski definition) is 4. The normalized spacial score (nSPS) is 18.5. The molecule has 1 aromatic heterocycles. The highest BCUT2D eigenvalue weighted by molar-refractivity contribution is 6.33. The van der Waals surface area contributed by atoms with E-state index in [-0.39, 0.29) is 40.2 Å². The molecular formula is C20H23ClFN5O3. The Morgan fingerprint density at radius 2 is 1.93 bits per heavy atom. The molecule has 160 valence electrons. The average Bonchev–Trinajstić information content (AvgIpc) is 3.21. The number of halogens is 2. The van der Waals surface area contributed by atoms with E-state index in [4.69, 9.17) is 11.6 Å². The fourth-order valence-corrected chi connectivity index (χ4v) is 3.68. The fourth-order valence-electron chi connectivity index (χ4n) is 3.47. The van der Waals surface area contributed by atoms with Crippen LogP contribution in [0.15, 0.2) is 24.5 Å². The van der Waals surface area contributed by atoms with Gasteiger partial charge < -0.3 is 20.9 Å². The Morgan fingerprint density at radius 3 is 2.60 bits per heavy atom. The molecule has 0 aliphatic heterocycles. The van der Waals surface area contributed by atoms with Crippen molar-refractivity contribution in [3.63, 3.8) is 0 Å². The van der Waals surface area contributed by atoms with E-state index < -0.39 is 11.7 Å². The number of nitrogens with one attached hydrogen (secondary N) is 4. The monoisotopic (exact) mass is 435 g/mol. The summed E-state index contributed by atoms with van der Waals surface area (Å²) in [6.07, 6.45) is 3.70. The fraction of sp³-hybridized carbons (Fsp3) is 0.400. The van der Waals surface area contributed by atoms with Gasteiger partial charge in [0.05, 0.1) is 17.0 Å². The second-order valence-electron chi connectivity index (χ2n) is 7.12. The Kier molecular flexibility index (Phi) is 7.04. The third-order valence-corrected chi connectivity index (χ3v) is 5.35. The predicted molar refractivity (Wildman–Crippen MR) is 110 cm³/mol. The van der Waals surface area contributed by atoms with Crippen LogP contribution in [-0.2, 0) is 4.79 Å². The standard InChI is InChI=1S/C20H23ClFN5O3/c1-2-23-19(29)16-17(25-10-24-16)20(30)26-13-6-3-11(4-7-13)18(28)27-15-8-5-12(22)9-14(15)21/h5,8-11,13H,2-4,6-7H2,1H3,(H,23,29)(H,24,25)(H,26,30)(H,27,28). The largest absolute Gasteiger partial charge is 0.351 e. The number of carbonyl (C=O) groups is 3. The molecule has 1 saturated carbocycles. The number of hydrogen-bond acceptors (Lipinski definition) is 4. The van der Waals surface area contributed by atoms with Crippen LogP contribution in [0.5, 0.6) is 0 Å². The highest BCUT2D eigenvalue weighted by atomic mass is 35.5. The van der Waals surface area contributed by atoms with E-state index in [0.717, 1.165) is 6.07 Å². The summed E-state index contributed by atoms with van der Waals surface area (Å²) in [4.78, 5) is 43.7. The molecule has 0 spiro atoms. The van der Waals surface area contributed by atoms with Gasteiger partial charge in [-0.25, -0.2) is 9.37 Å². The van der Waals surface area contributed by atoms with Gasteiger partial charge in [-0.15, -0.1) is 0 Å². The highest BCUT2D eigenvalue weighted by Crippen LogP contribution is 2.28. The molecule has 30 heavy (non-hydrogen) atoms. The Bertz CT molecular complexity index is 940. The summed E-state index contributed by atoms with van der Waals surface area (Å²) in [5, 5.41) is 8.39. The maximum atomic E-state index is 13.1. The van der Waals surface area contributed by atoms with Crippen LogP contribution < -0.4 is 16.0 Å². The molecule has 0 bridgehead atoms. The SMILES string of the molecule is CCNC(=O)c1[nH]cnc1C(=O)NC1CCC(C(=O)Nc2ccc(F)cc2Cl)CC1. The summed E-state index contributed by atoms with van der Waals surface area (Å²) in [7, 11) is 0. The Morgan fingerprint density at radius 1 is 1.20 bits per heavy atom. The number of nitrogens with zero attached hydrogens (tertiary/aromatic N) is 1. The van der Waals surface area contributed by atoms with Gasteiger partial charge >= 0.3 is 0 Å². The van der Waals surface area contributed by atoms with Crippen molar-refractivity contribution in [1.29, 1.82) is 0 Å². The van der Waals surface area contributed by atoms with Crippen molar-refractivity contribution in [3.8, 4) is 0 Å². The first kappa shape index (κ1) is 21.8. The summed E-state index contributed by atoms with van der Waals surface area (Å²) >= 11 is 5.96. The molecule has 1 heterocycles. The predicted octanol–water partition coefficient (Wildman–Crippen LogP) is 2.88. The van der Waals surface area contributed by atoms with Gasteiger partial charge in [-0.1, -0.05) is 11.6 Å². The molecular weight excluding hydrogens is 413 g/mol. The van der Waals surface area contributed by atoms with Crippen molar-refractivity contribution in [3.05, 3.63) is 46.8 Å². The molecule has 3 amide bonds. The van der Waals surface area contributed by atoms with E-state index in [1.807, 2.05) is 0 Å².